The minimum absolute atomic E-state index is 0. The number of aliphatic hydroxyl groups is 1. The number of benzene rings is 1. The first kappa shape index (κ1) is 20.4. The van der Waals surface area contributed by atoms with Gasteiger partial charge in [0.2, 0.25) is 0 Å². The number of rotatable bonds is 4. The fourth-order valence-corrected chi connectivity index (χ4v) is 2.47. The zero-order chi connectivity index (χ0) is 17.9. The molecule has 7 heteroatoms. The summed E-state index contributed by atoms with van der Waals surface area (Å²) >= 11 is 0. The second-order valence-corrected chi connectivity index (χ2v) is 5.64. The Balaban J connectivity index is 0.00000312. The SMILES string of the molecule is CC1=C(C#N)C(=O)N(CCO)C(=O)C1=Cc1ccc(N(C)C)cc1.Cl. The van der Waals surface area contributed by atoms with Gasteiger partial charge in [-0.3, -0.25) is 14.5 Å². The average Bonchev–Trinajstić information content (AvgIpc) is 2.56. The minimum atomic E-state index is -0.658. The Labute approximate surface area is 153 Å². The van der Waals surface area contributed by atoms with Crippen LogP contribution in [0.3, 0.4) is 0 Å². The van der Waals surface area contributed by atoms with Crippen molar-refractivity contribution < 1.29 is 14.7 Å². The summed E-state index contributed by atoms with van der Waals surface area (Å²) < 4.78 is 0. The van der Waals surface area contributed by atoms with E-state index in [4.69, 9.17) is 5.11 Å². The van der Waals surface area contributed by atoms with E-state index in [2.05, 4.69) is 0 Å². The van der Waals surface area contributed by atoms with Crippen molar-refractivity contribution in [1.82, 2.24) is 4.90 Å². The zero-order valence-electron chi connectivity index (χ0n) is 14.3. The molecular weight excluding hydrogens is 342 g/mol. The van der Waals surface area contributed by atoms with Crippen LogP contribution >= 0.6 is 12.4 Å². The highest BCUT2D eigenvalue weighted by molar-refractivity contribution is 6.19. The average molecular weight is 362 g/mol. The second-order valence-electron chi connectivity index (χ2n) is 5.64. The topological polar surface area (TPSA) is 84.6 Å². The van der Waals surface area contributed by atoms with E-state index < -0.39 is 11.8 Å². The van der Waals surface area contributed by atoms with Crippen LogP contribution in [0.4, 0.5) is 5.69 Å². The molecule has 1 aliphatic heterocycles. The van der Waals surface area contributed by atoms with Gasteiger partial charge in [-0.2, -0.15) is 5.26 Å². The van der Waals surface area contributed by atoms with Gasteiger partial charge in [-0.1, -0.05) is 12.1 Å². The Hall–Kier alpha value is -2.62. The van der Waals surface area contributed by atoms with Gasteiger partial charge >= 0.3 is 0 Å². The second kappa shape index (κ2) is 8.47. The van der Waals surface area contributed by atoms with Crippen LogP contribution < -0.4 is 4.90 Å². The van der Waals surface area contributed by atoms with Gasteiger partial charge < -0.3 is 10.0 Å². The number of nitriles is 1. The number of carbonyl (C=O) groups excluding carboxylic acids is 2. The van der Waals surface area contributed by atoms with Gasteiger partial charge in [0.25, 0.3) is 11.8 Å². The van der Waals surface area contributed by atoms with Crippen molar-refractivity contribution in [1.29, 1.82) is 5.26 Å². The lowest BCUT2D eigenvalue weighted by atomic mass is 9.93. The summed E-state index contributed by atoms with van der Waals surface area (Å²) in [4.78, 5) is 27.6. The summed E-state index contributed by atoms with van der Waals surface area (Å²) in [5.74, 6) is -1.16. The van der Waals surface area contributed by atoms with E-state index in [9.17, 15) is 14.9 Å². The standard InChI is InChI=1S/C18H19N3O3.ClH/c1-12-15(10-13-4-6-14(7-5-13)20(2)3)17(23)21(8-9-22)18(24)16(12)11-19;/h4-7,10,22H,8-9H2,1-3H3;1H. The van der Waals surface area contributed by atoms with Crippen molar-refractivity contribution in [2.45, 2.75) is 6.92 Å². The van der Waals surface area contributed by atoms with Crippen molar-refractivity contribution in [3.05, 3.63) is 46.5 Å². The van der Waals surface area contributed by atoms with Crippen LogP contribution in [-0.4, -0.2) is 49.1 Å². The monoisotopic (exact) mass is 361 g/mol. The van der Waals surface area contributed by atoms with Crippen molar-refractivity contribution in [2.24, 2.45) is 0 Å². The molecule has 1 N–H and O–H groups in total. The molecule has 6 nitrogen and oxygen atoms in total. The molecule has 25 heavy (non-hydrogen) atoms. The molecule has 1 aromatic carbocycles. The summed E-state index contributed by atoms with van der Waals surface area (Å²) in [6, 6.07) is 9.42. The molecule has 2 amide bonds. The lowest BCUT2D eigenvalue weighted by Gasteiger charge is -2.26. The highest BCUT2D eigenvalue weighted by Gasteiger charge is 2.34. The van der Waals surface area contributed by atoms with E-state index in [1.165, 1.54) is 0 Å². The number of hydrogen-bond donors (Lipinski definition) is 1. The molecule has 0 aliphatic carbocycles. The molecule has 0 atom stereocenters. The van der Waals surface area contributed by atoms with E-state index in [1.807, 2.05) is 49.3 Å². The number of β-amino-alcohol motifs (C(OH)–C–C–N with tert-alkyl or cyclic N) is 1. The summed E-state index contributed by atoms with van der Waals surface area (Å²) in [5, 5.41) is 18.3. The van der Waals surface area contributed by atoms with Crippen LogP contribution in [0.15, 0.2) is 41.0 Å². The van der Waals surface area contributed by atoms with Crippen molar-refractivity contribution in [3.8, 4) is 6.07 Å². The molecule has 2 rings (SSSR count). The number of imide groups is 1. The molecule has 0 saturated heterocycles. The first-order valence-corrected chi connectivity index (χ1v) is 7.48. The first-order valence-electron chi connectivity index (χ1n) is 7.48. The number of halogens is 1. The molecule has 0 spiro atoms. The number of anilines is 1. The van der Waals surface area contributed by atoms with E-state index in [0.29, 0.717) is 5.57 Å². The maximum atomic E-state index is 12.6. The molecule has 0 bridgehead atoms. The van der Waals surface area contributed by atoms with Gasteiger partial charge in [-0.05, 0) is 36.3 Å². The number of amides is 2. The molecule has 0 unspecified atom stereocenters. The third kappa shape index (κ3) is 4.08. The van der Waals surface area contributed by atoms with Gasteiger partial charge in [0.15, 0.2) is 0 Å². The first-order chi connectivity index (χ1) is 11.4. The summed E-state index contributed by atoms with van der Waals surface area (Å²) in [6.07, 6.45) is 1.66. The fourth-order valence-electron chi connectivity index (χ4n) is 2.47. The quantitative estimate of drug-likeness (QED) is 0.652. The van der Waals surface area contributed by atoms with E-state index in [1.54, 1.807) is 13.0 Å². The Kier molecular flexibility index (Phi) is 6.92. The van der Waals surface area contributed by atoms with Crippen molar-refractivity contribution >= 4 is 36.0 Å². The lowest BCUT2D eigenvalue weighted by Crippen LogP contribution is -2.44. The van der Waals surface area contributed by atoms with Crippen LogP contribution in [0.1, 0.15) is 12.5 Å². The minimum Gasteiger partial charge on any atom is -0.395 e. The van der Waals surface area contributed by atoms with Gasteiger partial charge in [0, 0.05) is 25.4 Å². The van der Waals surface area contributed by atoms with Crippen LogP contribution in [-0.2, 0) is 9.59 Å². The number of aliphatic hydroxyl groups excluding tert-OH is 1. The molecule has 0 saturated carbocycles. The molecule has 0 aromatic heterocycles. The van der Waals surface area contributed by atoms with E-state index in [-0.39, 0.29) is 36.7 Å². The maximum Gasteiger partial charge on any atom is 0.271 e. The molecule has 1 aliphatic rings. The fraction of sp³-hybridized carbons (Fsp3) is 0.278. The van der Waals surface area contributed by atoms with E-state index >= 15 is 0 Å². The molecule has 1 heterocycles. The highest BCUT2D eigenvalue weighted by atomic mass is 35.5. The number of nitrogens with zero attached hydrogens (tertiary/aromatic N) is 3. The van der Waals surface area contributed by atoms with Crippen LogP contribution in [0.5, 0.6) is 0 Å². The highest BCUT2D eigenvalue weighted by Crippen LogP contribution is 2.27. The van der Waals surface area contributed by atoms with Gasteiger partial charge in [0.05, 0.1) is 13.2 Å². The predicted molar refractivity (Wildman–Crippen MR) is 98.1 cm³/mol. The largest absolute Gasteiger partial charge is 0.395 e. The molecule has 132 valence electrons. The van der Waals surface area contributed by atoms with Gasteiger partial charge in [0.1, 0.15) is 11.6 Å². The Bertz CT molecular complexity index is 774. The summed E-state index contributed by atoms with van der Waals surface area (Å²) in [5.41, 5.74) is 2.39. The summed E-state index contributed by atoms with van der Waals surface area (Å²) in [7, 11) is 3.87. The Morgan fingerprint density at radius 2 is 1.80 bits per heavy atom. The number of carbonyl (C=O) groups is 2. The van der Waals surface area contributed by atoms with Gasteiger partial charge in [-0.25, -0.2) is 0 Å². The lowest BCUT2D eigenvalue weighted by molar-refractivity contribution is -0.140. The Morgan fingerprint density at radius 3 is 2.28 bits per heavy atom. The van der Waals surface area contributed by atoms with Crippen molar-refractivity contribution in [2.75, 3.05) is 32.1 Å². The molecule has 0 fully saturated rings. The maximum absolute atomic E-state index is 12.6. The van der Waals surface area contributed by atoms with Crippen LogP contribution in [0.25, 0.3) is 6.08 Å². The summed E-state index contributed by atoms with van der Waals surface area (Å²) in [6.45, 7) is 1.11. The molecular formula is C18H20ClN3O3. The van der Waals surface area contributed by atoms with Crippen LogP contribution in [0.2, 0.25) is 0 Å². The zero-order valence-corrected chi connectivity index (χ0v) is 15.1. The number of hydrogen-bond acceptors (Lipinski definition) is 5. The normalized spacial score (nSPS) is 16.0. The predicted octanol–water partition coefficient (Wildman–Crippen LogP) is 1.76. The Morgan fingerprint density at radius 1 is 1.20 bits per heavy atom. The smallest absolute Gasteiger partial charge is 0.271 e. The molecule has 0 radical (unpaired) electrons. The van der Waals surface area contributed by atoms with E-state index in [0.717, 1.165) is 16.2 Å². The van der Waals surface area contributed by atoms with Crippen molar-refractivity contribution in [3.63, 3.8) is 0 Å². The third-order valence-corrected chi connectivity index (χ3v) is 3.87. The van der Waals surface area contributed by atoms with Crippen LogP contribution in [0, 0.1) is 11.3 Å². The molecule has 1 aromatic rings. The van der Waals surface area contributed by atoms with Gasteiger partial charge in [-0.15, -0.1) is 12.4 Å². The third-order valence-electron chi connectivity index (χ3n) is 3.87.